The molecule has 2 heteroatoms. The second-order valence-corrected chi connectivity index (χ2v) is 7.42. The van der Waals surface area contributed by atoms with E-state index in [-0.39, 0.29) is 11.6 Å². The van der Waals surface area contributed by atoms with Crippen LogP contribution in [0.2, 0.25) is 0 Å². The minimum atomic E-state index is -0.0851. The summed E-state index contributed by atoms with van der Waals surface area (Å²) in [6.45, 7) is 11.1. The first-order valence-electron chi connectivity index (χ1n) is 9.87. The van der Waals surface area contributed by atoms with Gasteiger partial charge < -0.3 is 0 Å². The number of aliphatic imine (C=N–C) groups is 2. The molecule has 0 radical (unpaired) electrons. The van der Waals surface area contributed by atoms with Crippen molar-refractivity contribution in [1.29, 1.82) is 0 Å². The van der Waals surface area contributed by atoms with E-state index in [4.69, 9.17) is 9.98 Å². The van der Waals surface area contributed by atoms with E-state index in [0.717, 1.165) is 25.0 Å². The van der Waals surface area contributed by atoms with Gasteiger partial charge in [0.1, 0.15) is 0 Å². The first-order valence-corrected chi connectivity index (χ1v) is 9.87. The van der Waals surface area contributed by atoms with Crippen molar-refractivity contribution >= 4 is 11.4 Å². The second-order valence-electron chi connectivity index (χ2n) is 7.42. The number of allylic oxidation sites excluding steroid dienone is 5. The van der Waals surface area contributed by atoms with Crippen LogP contribution in [-0.4, -0.2) is 17.0 Å². The van der Waals surface area contributed by atoms with Gasteiger partial charge in [0, 0.05) is 5.57 Å². The summed E-state index contributed by atoms with van der Waals surface area (Å²) >= 11 is 0. The van der Waals surface area contributed by atoms with Gasteiger partial charge in [-0.1, -0.05) is 57.2 Å². The fraction of sp³-hybridized carbons (Fsp3) is 0.417. The van der Waals surface area contributed by atoms with Crippen molar-refractivity contribution < 1.29 is 0 Å². The van der Waals surface area contributed by atoms with Gasteiger partial charge in [-0.2, -0.15) is 0 Å². The Hall–Kier alpha value is -2.22. The van der Waals surface area contributed by atoms with Gasteiger partial charge in [-0.15, -0.1) is 0 Å². The predicted octanol–water partition coefficient (Wildman–Crippen LogP) is 6.42. The molecule has 0 aromatic heterocycles. The lowest BCUT2D eigenvalue weighted by atomic mass is 9.80. The molecule has 0 saturated heterocycles. The monoisotopic (exact) mass is 346 g/mol. The molecule has 2 unspecified atom stereocenters. The predicted molar refractivity (Wildman–Crippen MR) is 113 cm³/mol. The van der Waals surface area contributed by atoms with E-state index >= 15 is 0 Å². The third-order valence-corrected chi connectivity index (χ3v) is 5.47. The lowest BCUT2D eigenvalue weighted by Crippen LogP contribution is -2.29. The molecule has 0 bridgehead atoms. The maximum atomic E-state index is 5.13. The Balaban J connectivity index is 2.03. The molecule has 3 rings (SSSR count). The highest BCUT2D eigenvalue weighted by atomic mass is 14.9. The summed E-state index contributed by atoms with van der Waals surface area (Å²) in [5, 5.41) is 0. The topological polar surface area (TPSA) is 24.7 Å². The zero-order chi connectivity index (χ0) is 18.7. The summed E-state index contributed by atoms with van der Waals surface area (Å²) in [6.07, 6.45) is 9.86. The lowest BCUT2D eigenvalue weighted by Gasteiger charge is -2.32. The Morgan fingerprint density at radius 2 is 1.69 bits per heavy atom. The molecule has 2 nitrogen and oxygen atoms in total. The van der Waals surface area contributed by atoms with Crippen molar-refractivity contribution in [2.45, 2.75) is 65.5 Å². The molecule has 1 aliphatic heterocycles. The molecule has 26 heavy (non-hydrogen) atoms. The van der Waals surface area contributed by atoms with Crippen LogP contribution in [0.15, 0.2) is 75.3 Å². The van der Waals surface area contributed by atoms with E-state index in [1.807, 2.05) is 0 Å². The maximum Gasteiger partial charge on any atom is 0.0770 e. The average molecular weight is 347 g/mol. The summed E-state index contributed by atoms with van der Waals surface area (Å²) < 4.78 is 0. The summed E-state index contributed by atoms with van der Waals surface area (Å²) in [5.41, 5.74) is 7.39. The normalized spacial score (nSPS) is 25.0. The Morgan fingerprint density at radius 3 is 2.31 bits per heavy atom. The molecular weight excluding hydrogens is 316 g/mol. The maximum absolute atomic E-state index is 5.13. The van der Waals surface area contributed by atoms with Crippen LogP contribution in [0, 0.1) is 0 Å². The molecule has 1 heterocycles. The molecule has 0 amide bonds. The third-order valence-electron chi connectivity index (χ3n) is 5.47. The molecule has 0 spiro atoms. The molecule has 2 aliphatic rings. The number of fused-ring (bicyclic) bond motifs is 1. The molecule has 136 valence electrons. The van der Waals surface area contributed by atoms with Crippen LogP contribution < -0.4 is 0 Å². The summed E-state index contributed by atoms with van der Waals surface area (Å²) in [6, 6.07) is 10.6. The van der Waals surface area contributed by atoms with Gasteiger partial charge in [-0.25, -0.2) is 0 Å². The van der Waals surface area contributed by atoms with E-state index in [2.05, 4.69) is 83.2 Å². The minimum absolute atomic E-state index is 0.0851. The van der Waals surface area contributed by atoms with Crippen LogP contribution in [0.4, 0.5) is 0 Å². The Kier molecular flexibility index (Phi) is 5.41. The number of dihydropyridines is 1. The summed E-state index contributed by atoms with van der Waals surface area (Å²) in [4.78, 5) is 10.1. The highest BCUT2D eigenvalue weighted by Gasteiger charge is 2.30. The first-order chi connectivity index (χ1) is 12.5. The van der Waals surface area contributed by atoms with Crippen LogP contribution in [-0.2, 0) is 0 Å². The number of nitrogens with zero attached hydrogens (tertiary/aromatic N) is 2. The van der Waals surface area contributed by atoms with Crippen molar-refractivity contribution in [3.63, 3.8) is 0 Å². The number of rotatable bonds is 5. The van der Waals surface area contributed by atoms with Gasteiger partial charge in [0.05, 0.1) is 23.0 Å². The second kappa shape index (κ2) is 7.57. The Bertz CT molecular complexity index is 821. The van der Waals surface area contributed by atoms with Crippen molar-refractivity contribution in [3.05, 3.63) is 70.8 Å². The Morgan fingerprint density at radius 1 is 1.00 bits per heavy atom. The summed E-state index contributed by atoms with van der Waals surface area (Å²) in [5.74, 6) is 0. The third kappa shape index (κ3) is 3.65. The fourth-order valence-corrected chi connectivity index (χ4v) is 3.64. The smallest absolute Gasteiger partial charge is 0.0770 e. The SMILES string of the molecule is CCC1=CC(C)(CC)N=C2C(CC)=CC(=NC(C)c3ccccc3)C=C12. The van der Waals surface area contributed by atoms with Crippen molar-refractivity contribution in [1.82, 2.24) is 0 Å². The van der Waals surface area contributed by atoms with Gasteiger partial charge in [0.15, 0.2) is 0 Å². The van der Waals surface area contributed by atoms with Crippen molar-refractivity contribution in [2.24, 2.45) is 9.98 Å². The van der Waals surface area contributed by atoms with E-state index in [9.17, 15) is 0 Å². The van der Waals surface area contributed by atoms with E-state index in [1.54, 1.807) is 0 Å². The molecular formula is C24H30N2. The highest BCUT2D eigenvalue weighted by Crippen LogP contribution is 2.35. The zero-order valence-corrected chi connectivity index (χ0v) is 16.7. The van der Waals surface area contributed by atoms with Crippen LogP contribution in [0.25, 0.3) is 0 Å². The number of hydrogen-bond donors (Lipinski definition) is 0. The van der Waals surface area contributed by atoms with Crippen molar-refractivity contribution in [3.8, 4) is 0 Å². The van der Waals surface area contributed by atoms with Crippen LogP contribution in [0.5, 0.6) is 0 Å². The summed E-state index contributed by atoms with van der Waals surface area (Å²) in [7, 11) is 0. The first kappa shape index (κ1) is 18.6. The molecule has 2 atom stereocenters. The Labute approximate surface area is 158 Å². The fourth-order valence-electron chi connectivity index (χ4n) is 3.64. The van der Waals surface area contributed by atoms with Gasteiger partial charge in [0.25, 0.3) is 0 Å². The van der Waals surface area contributed by atoms with Crippen LogP contribution in [0.3, 0.4) is 0 Å². The van der Waals surface area contributed by atoms with Gasteiger partial charge in [-0.05, 0) is 62.0 Å². The van der Waals surface area contributed by atoms with E-state index < -0.39 is 0 Å². The zero-order valence-electron chi connectivity index (χ0n) is 16.7. The molecule has 1 aliphatic carbocycles. The lowest BCUT2D eigenvalue weighted by molar-refractivity contribution is 0.558. The standard InChI is InChI=1S/C24H30N2/c1-6-18-14-21(25-17(4)20-12-10-9-11-13-20)15-22-19(7-2)16-24(5,8-3)26-23(18)22/h9-17H,6-8H2,1-5H3. The average Bonchev–Trinajstić information content (AvgIpc) is 2.67. The molecule has 1 aromatic rings. The van der Waals surface area contributed by atoms with E-state index in [1.165, 1.54) is 28.0 Å². The largest absolute Gasteiger partial charge is 0.278 e. The molecule has 0 saturated carbocycles. The molecule has 0 N–H and O–H groups in total. The van der Waals surface area contributed by atoms with Crippen molar-refractivity contribution in [2.75, 3.05) is 0 Å². The minimum Gasteiger partial charge on any atom is -0.278 e. The highest BCUT2D eigenvalue weighted by molar-refractivity contribution is 6.26. The number of hydrogen-bond acceptors (Lipinski definition) is 2. The van der Waals surface area contributed by atoms with Crippen LogP contribution >= 0.6 is 0 Å². The van der Waals surface area contributed by atoms with E-state index in [0.29, 0.717) is 0 Å². The quantitative estimate of drug-likeness (QED) is 0.549. The van der Waals surface area contributed by atoms with Gasteiger partial charge in [-0.3, -0.25) is 9.98 Å². The molecule has 1 aromatic carbocycles. The molecule has 0 fully saturated rings. The van der Waals surface area contributed by atoms with Crippen LogP contribution in [0.1, 0.15) is 65.5 Å². The number of benzene rings is 1. The van der Waals surface area contributed by atoms with Gasteiger partial charge >= 0.3 is 0 Å². The van der Waals surface area contributed by atoms with Gasteiger partial charge in [0.2, 0.25) is 0 Å².